The van der Waals surface area contributed by atoms with Gasteiger partial charge in [0, 0.05) is 26.4 Å². The fraction of sp³-hybridized carbons (Fsp3) is 0.591. The standard InChI is InChI=1S/C22H31N3O6/c1-4-9-23-20(26)11-15-6-7-17-19(31-15)12-30-18-8-5-14(24-21(27)13-29-3)10-16(18)22(28)25(17)2/h5,8,10,15,17,19H,4,6-7,9,11-13H2,1-3H3,(H,23,26)(H,24,27)/t15-,17-,19-/m1/s1. The first kappa shape index (κ1) is 23.0. The predicted molar refractivity (Wildman–Crippen MR) is 114 cm³/mol. The van der Waals surface area contributed by atoms with Crippen molar-refractivity contribution in [3.8, 4) is 5.75 Å². The van der Waals surface area contributed by atoms with E-state index >= 15 is 0 Å². The van der Waals surface area contributed by atoms with E-state index in [9.17, 15) is 14.4 Å². The fourth-order valence-electron chi connectivity index (χ4n) is 3.98. The molecule has 0 aliphatic carbocycles. The first-order valence-corrected chi connectivity index (χ1v) is 10.7. The molecule has 0 spiro atoms. The lowest BCUT2D eigenvalue weighted by Crippen LogP contribution is -2.54. The SMILES string of the molecule is CCCNC(=O)C[C@H]1CC[C@@H]2[C@@H](COc3ccc(NC(=O)COC)cc3C(=O)N2C)O1. The minimum atomic E-state index is -0.319. The van der Waals surface area contributed by atoms with Gasteiger partial charge in [0.15, 0.2) is 0 Å². The summed E-state index contributed by atoms with van der Waals surface area (Å²) in [7, 11) is 3.19. The van der Waals surface area contributed by atoms with E-state index in [2.05, 4.69) is 10.6 Å². The highest BCUT2D eigenvalue weighted by Gasteiger charge is 2.39. The van der Waals surface area contributed by atoms with E-state index in [-0.39, 0.29) is 49.2 Å². The fourth-order valence-corrected chi connectivity index (χ4v) is 3.98. The van der Waals surface area contributed by atoms with E-state index in [0.29, 0.717) is 36.4 Å². The number of carbonyl (C=O) groups is 3. The number of fused-ring (bicyclic) bond motifs is 2. The van der Waals surface area contributed by atoms with Crippen LogP contribution in [0.4, 0.5) is 5.69 Å². The summed E-state index contributed by atoms with van der Waals surface area (Å²) in [5.41, 5.74) is 0.888. The van der Waals surface area contributed by atoms with E-state index in [1.165, 1.54) is 7.11 Å². The first-order valence-electron chi connectivity index (χ1n) is 10.7. The number of carbonyl (C=O) groups excluding carboxylic acids is 3. The molecule has 0 bridgehead atoms. The van der Waals surface area contributed by atoms with Gasteiger partial charge < -0.3 is 29.7 Å². The Hall–Kier alpha value is -2.65. The number of ether oxygens (including phenoxy) is 3. The van der Waals surface area contributed by atoms with Crippen molar-refractivity contribution >= 4 is 23.4 Å². The molecule has 0 unspecified atom stereocenters. The number of nitrogens with zero attached hydrogens (tertiary/aromatic N) is 1. The molecule has 1 fully saturated rings. The van der Waals surface area contributed by atoms with Crippen molar-refractivity contribution in [3.63, 3.8) is 0 Å². The second-order valence-electron chi connectivity index (χ2n) is 7.91. The molecule has 3 amide bonds. The summed E-state index contributed by atoms with van der Waals surface area (Å²) < 4.78 is 16.9. The van der Waals surface area contributed by atoms with Crippen molar-refractivity contribution in [3.05, 3.63) is 23.8 Å². The number of hydrogen-bond acceptors (Lipinski definition) is 6. The number of amides is 3. The van der Waals surface area contributed by atoms with Crippen molar-refractivity contribution in [2.45, 2.75) is 50.9 Å². The highest BCUT2D eigenvalue weighted by Crippen LogP contribution is 2.32. The molecule has 31 heavy (non-hydrogen) atoms. The highest BCUT2D eigenvalue weighted by molar-refractivity contribution is 6.00. The Kier molecular flexibility index (Phi) is 7.86. The van der Waals surface area contributed by atoms with Crippen LogP contribution in [0.15, 0.2) is 18.2 Å². The Bertz CT molecular complexity index is 814. The lowest BCUT2D eigenvalue weighted by atomic mass is 9.94. The van der Waals surface area contributed by atoms with Crippen LogP contribution in [0.25, 0.3) is 0 Å². The number of rotatable bonds is 7. The highest BCUT2D eigenvalue weighted by atomic mass is 16.5. The molecule has 0 aromatic heterocycles. The van der Waals surface area contributed by atoms with Crippen LogP contribution in [0.1, 0.15) is 43.0 Å². The Morgan fingerprint density at radius 1 is 1.26 bits per heavy atom. The third-order valence-electron chi connectivity index (χ3n) is 5.56. The van der Waals surface area contributed by atoms with Crippen molar-refractivity contribution < 1.29 is 28.6 Å². The lowest BCUT2D eigenvalue weighted by molar-refractivity contribution is -0.134. The average Bonchev–Trinajstić information content (AvgIpc) is 2.75. The van der Waals surface area contributed by atoms with Crippen molar-refractivity contribution in [2.75, 3.05) is 39.2 Å². The van der Waals surface area contributed by atoms with Gasteiger partial charge in [0.1, 0.15) is 25.1 Å². The first-order chi connectivity index (χ1) is 14.9. The van der Waals surface area contributed by atoms with E-state index in [0.717, 1.165) is 12.8 Å². The van der Waals surface area contributed by atoms with E-state index in [1.807, 2.05) is 6.92 Å². The van der Waals surface area contributed by atoms with Gasteiger partial charge in [-0.3, -0.25) is 14.4 Å². The summed E-state index contributed by atoms with van der Waals surface area (Å²) in [6.45, 7) is 2.87. The van der Waals surface area contributed by atoms with Crippen LogP contribution in [0.5, 0.6) is 5.75 Å². The molecule has 1 aromatic carbocycles. The molecule has 2 aliphatic rings. The summed E-state index contributed by atoms with van der Waals surface area (Å²) >= 11 is 0. The van der Waals surface area contributed by atoms with Gasteiger partial charge in [-0.15, -0.1) is 0 Å². The quantitative estimate of drug-likeness (QED) is 0.676. The molecule has 2 heterocycles. The number of likely N-dealkylation sites (N-methyl/N-ethyl adjacent to an activating group) is 1. The van der Waals surface area contributed by atoms with E-state index in [1.54, 1.807) is 30.1 Å². The molecule has 2 aliphatic heterocycles. The maximum absolute atomic E-state index is 13.2. The zero-order valence-corrected chi connectivity index (χ0v) is 18.3. The van der Waals surface area contributed by atoms with Crippen LogP contribution in [-0.4, -0.2) is 74.8 Å². The second-order valence-corrected chi connectivity index (χ2v) is 7.91. The summed E-state index contributed by atoms with van der Waals surface area (Å²) in [6, 6.07) is 4.82. The minimum Gasteiger partial charge on any atom is -0.490 e. The number of hydrogen-bond donors (Lipinski definition) is 2. The molecule has 2 N–H and O–H groups in total. The van der Waals surface area contributed by atoms with E-state index < -0.39 is 0 Å². The lowest BCUT2D eigenvalue weighted by Gasteiger charge is -2.42. The molecular weight excluding hydrogens is 402 g/mol. The van der Waals surface area contributed by atoms with Gasteiger partial charge in [-0.25, -0.2) is 0 Å². The number of benzene rings is 1. The van der Waals surface area contributed by atoms with Crippen LogP contribution >= 0.6 is 0 Å². The third kappa shape index (κ3) is 5.74. The van der Waals surface area contributed by atoms with Gasteiger partial charge in [-0.05, 0) is 37.5 Å². The number of nitrogens with one attached hydrogen (secondary N) is 2. The summed E-state index contributed by atoms with van der Waals surface area (Å²) in [5.74, 6) is -0.0820. The Morgan fingerprint density at radius 3 is 2.81 bits per heavy atom. The van der Waals surface area contributed by atoms with Crippen LogP contribution in [0.3, 0.4) is 0 Å². The van der Waals surface area contributed by atoms with Crippen molar-refractivity contribution in [2.24, 2.45) is 0 Å². The van der Waals surface area contributed by atoms with Crippen LogP contribution < -0.4 is 15.4 Å². The monoisotopic (exact) mass is 433 g/mol. The van der Waals surface area contributed by atoms with Gasteiger partial charge >= 0.3 is 0 Å². The van der Waals surface area contributed by atoms with Gasteiger partial charge in [0.25, 0.3) is 5.91 Å². The molecule has 1 aromatic rings. The molecule has 1 saturated heterocycles. The van der Waals surface area contributed by atoms with Gasteiger partial charge in [0.2, 0.25) is 11.8 Å². The average molecular weight is 434 g/mol. The Balaban J connectivity index is 1.71. The van der Waals surface area contributed by atoms with Gasteiger partial charge in [0.05, 0.1) is 24.1 Å². The zero-order chi connectivity index (χ0) is 22.4. The van der Waals surface area contributed by atoms with E-state index in [4.69, 9.17) is 14.2 Å². The summed E-state index contributed by atoms with van der Waals surface area (Å²) in [4.78, 5) is 38.7. The molecule has 0 radical (unpaired) electrons. The topological polar surface area (TPSA) is 106 Å². The van der Waals surface area contributed by atoms with Crippen LogP contribution in [0.2, 0.25) is 0 Å². The molecule has 3 atom stereocenters. The largest absolute Gasteiger partial charge is 0.490 e. The van der Waals surface area contributed by atoms with Crippen LogP contribution in [0, 0.1) is 0 Å². The normalized spacial score (nSPS) is 23.0. The molecule has 0 saturated carbocycles. The van der Waals surface area contributed by atoms with Crippen molar-refractivity contribution in [1.29, 1.82) is 0 Å². The maximum atomic E-state index is 13.2. The Labute approximate surface area is 182 Å². The number of anilines is 1. The molecule has 3 rings (SSSR count). The summed E-state index contributed by atoms with van der Waals surface area (Å²) in [5, 5.41) is 5.58. The molecular formula is C22H31N3O6. The maximum Gasteiger partial charge on any atom is 0.257 e. The summed E-state index contributed by atoms with van der Waals surface area (Å²) in [6.07, 6.45) is 2.10. The minimum absolute atomic E-state index is 0.0186. The number of methoxy groups -OCH3 is 1. The molecule has 9 nitrogen and oxygen atoms in total. The van der Waals surface area contributed by atoms with Gasteiger partial charge in [-0.1, -0.05) is 6.92 Å². The second kappa shape index (κ2) is 10.6. The molecule has 9 heteroatoms. The predicted octanol–water partition coefficient (Wildman–Crippen LogP) is 1.57. The zero-order valence-electron chi connectivity index (χ0n) is 18.3. The van der Waals surface area contributed by atoms with Gasteiger partial charge in [-0.2, -0.15) is 0 Å². The smallest absolute Gasteiger partial charge is 0.257 e. The van der Waals surface area contributed by atoms with Crippen LogP contribution in [-0.2, 0) is 19.1 Å². The van der Waals surface area contributed by atoms with Crippen molar-refractivity contribution in [1.82, 2.24) is 10.2 Å². The third-order valence-corrected chi connectivity index (χ3v) is 5.56. The Morgan fingerprint density at radius 2 is 2.06 bits per heavy atom. The molecule has 170 valence electrons.